The van der Waals surface area contributed by atoms with Crippen LogP contribution in [0.1, 0.15) is 0 Å². The molecule has 0 aromatic carbocycles. The molecular formula is C20H38O11. The van der Waals surface area contributed by atoms with Crippen molar-refractivity contribution < 1.29 is 52.1 Å². The molecule has 11 heteroatoms. The number of hydrogen-bond acceptors (Lipinski definition) is 11. The van der Waals surface area contributed by atoms with Crippen molar-refractivity contribution in [2.24, 2.45) is 0 Å². The van der Waals surface area contributed by atoms with Crippen LogP contribution in [0, 0.1) is 0 Å². The molecule has 0 aromatic heterocycles. The molecule has 2 fully saturated rings. The largest absolute Gasteiger partial charge is 0.382 e. The van der Waals surface area contributed by atoms with E-state index in [0.29, 0.717) is 6.61 Å². The van der Waals surface area contributed by atoms with E-state index in [1.54, 1.807) is 49.8 Å². The third-order valence-corrected chi connectivity index (χ3v) is 5.83. The Labute approximate surface area is 184 Å². The fourth-order valence-electron chi connectivity index (χ4n) is 4.40. The van der Waals surface area contributed by atoms with Gasteiger partial charge in [-0.2, -0.15) is 0 Å². The average Bonchev–Trinajstić information content (AvgIpc) is 3.09. The summed E-state index contributed by atoms with van der Waals surface area (Å²) in [7, 11) is 12.6. The Kier molecular flexibility index (Phi) is 11.0. The van der Waals surface area contributed by atoms with Gasteiger partial charge in [0.1, 0.15) is 49.3 Å². The van der Waals surface area contributed by atoms with Crippen LogP contribution in [0.3, 0.4) is 0 Å². The van der Waals surface area contributed by atoms with E-state index in [2.05, 4.69) is 0 Å². The van der Waals surface area contributed by atoms with Crippen molar-refractivity contribution in [1.82, 2.24) is 0 Å². The molecule has 0 amide bonds. The Hall–Kier alpha value is -0.440. The molecule has 4 unspecified atom stereocenters. The van der Waals surface area contributed by atoms with Gasteiger partial charge in [0.05, 0.1) is 13.2 Å². The minimum atomic E-state index is -1.12. The third-order valence-electron chi connectivity index (χ3n) is 5.83. The van der Waals surface area contributed by atoms with E-state index in [4.69, 9.17) is 52.1 Å². The van der Waals surface area contributed by atoms with E-state index in [-0.39, 0.29) is 19.3 Å². The quantitative estimate of drug-likeness (QED) is 0.371. The standard InChI is InChI=1S/C20H38O11/c1-21-9-12-14(23-3)16(25-5)17(26-6)19(30-12)29-10-13-15(24-4)18(27-7)20(28-8,31-13)11-22-2/h12-19H,9-11H2,1-8H3/t12-,13?,14-,15?,16+,17-,18?,19+,20?/m1/s1. The molecule has 0 aliphatic carbocycles. The average molecular weight is 455 g/mol. The molecule has 0 N–H and O–H groups in total. The molecule has 2 aliphatic heterocycles. The maximum atomic E-state index is 6.18. The second-order valence-corrected chi connectivity index (χ2v) is 7.39. The molecule has 0 bridgehead atoms. The van der Waals surface area contributed by atoms with Gasteiger partial charge in [0, 0.05) is 56.9 Å². The van der Waals surface area contributed by atoms with Crippen LogP contribution in [0.2, 0.25) is 0 Å². The van der Waals surface area contributed by atoms with Crippen LogP contribution >= 0.6 is 0 Å². The first-order chi connectivity index (χ1) is 15.0. The number of ether oxygens (including phenoxy) is 11. The molecule has 2 saturated heterocycles. The van der Waals surface area contributed by atoms with Crippen molar-refractivity contribution in [1.29, 1.82) is 0 Å². The molecular weight excluding hydrogens is 416 g/mol. The maximum Gasteiger partial charge on any atom is 0.221 e. The van der Waals surface area contributed by atoms with Crippen molar-refractivity contribution in [2.45, 2.75) is 54.8 Å². The number of methoxy groups -OCH3 is 8. The third kappa shape index (κ3) is 5.56. The summed E-state index contributed by atoms with van der Waals surface area (Å²) in [6.45, 7) is 0.601. The summed E-state index contributed by atoms with van der Waals surface area (Å²) in [4.78, 5) is 0. The Morgan fingerprint density at radius 1 is 0.645 bits per heavy atom. The van der Waals surface area contributed by atoms with Crippen molar-refractivity contribution in [3.63, 3.8) is 0 Å². The lowest BCUT2D eigenvalue weighted by atomic mass is 9.98. The van der Waals surface area contributed by atoms with E-state index in [9.17, 15) is 0 Å². The van der Waals surface area contributed by atoms with E-state index >= 15 is 0 Å². The fraction of sp³-hybridized carbons (Fsp3) is 1.00. The minimum absolute atomic E-state index is 0.130. The topological polar surface area (TPSA) is 102 Å². The highest BCUT2D eigenvalue weighted by Crippen LogP contribution is 2.37. The van der Waals surface area contributed by atoms with Crippen LogP contribution in [-0.4, -0.2) is 132 Å². The molecule has 31 heavy (non-hydrogen) atoms. The molecule has 2 rings (SSSR count). The summed E-state index contributed by atoms with van der Waals surface area (Å²) in [6.07, 6.45) is -3.97. The van der Waals surface area contributed by atoms with Crippen molar-refractivity contribution in [2.75, 3.05) is 76.7 Å². The van der Waals surface area contributed by atoms with Crippen LogP contribution in [0.15, 0.2) is 0 Å². The number of hydrogen-bond donors (Lipinski definition) is 0. The summed E-state index contributed by atoms with van der Waals surface area (Å²) < 4.78 is 62.8. The van der Waals surface area contributed by atoms with Gasteiger partial charge in [0.2, 0.25) is 5.79 Å². The van der Waals surface area contributed by atoms with Gasteiger partial charge in [-0.3, -0.25) is 0 Å². The van der Waals surface area contributed by atoms with Gasteiger partial charge in [-0.05, 0) is 0 Å². The minimum Gasteiger partial charge on any atom is -0.382 e. The zero-order valence-electron chi connectivity index (χ0n) is 19.7. The van der Waals surface area contributed by atoms with E-state index in [1.807, 2.05) is 0 Å². The molecule has 0 aromatic rings. The molecule has 2 heterocycles. The van der Waals surface area contributed by atoms with E-state index in [1.165, 1.54) is 7.11 Å². The van der Waals surface area contributed by atoms with Gasteiger partial charge in [-0.15, -0.1) is 0 Å². The zero-order valence-corrected chi connectivity index (χ0v) is 19.7. The lowest BCUT2D eigenvalue weighted by Gasteiger charge is -2.44. The van der Waals surface area contributed by atoms with Crippen LogP contribution in [0.4, 0.5) is 0 Å². The summed E-state index contributed by atoms with van der Waals surface area (Å²) in [5.41, 5.74) is 0. The van der Waals surface area contributed by atoms with Gasteiger partial charge in [-0.1, -0.05) is 0 Å². The zero-order chi connectivity index (χ0) is 23.0. The first kappa shape index (κ1) is 26.8. The van der Waals surface area contributed by atoms with Crippen molar-refractivity contribution in [3.05, 3.63) is 0 Å². The lowest BCUT2D eigenvalue weighted by Crippen LogP contribution is -2.61. The van der Waals surface area contributed by atoms with E-state index < -0.39 is 48.7 Å². The van der Waals surface area contributed by atoms with Crippen LogP contribution in [-0.2, 0) is 52.1 Å². The first-order valence-electron chi connectivity index (χ1n) is 10.1. The second kappa shape index (κ2) is 12.7. The van der Waals surface area contributed by atoms with Gasteiger partial charge >= 0.3 is 0 Å². The monoisotopic (exact) mass is 454 g/mol. The normalized spacial score (nSPS) is 41.0. The highest BCUT2D eigenvalue weighted by molar-refractivity contribution is 4.99. The van der Waals surface area contributed by atoms with E-state index in [0.717, 1.165) is 0 Å². The van der Waals surface area contributed by atoms with Gasteiger partial charge in [-0.25, -0.2) is 0 Å². The van der Waals surface area contributed by atoms with Crippen LogP contribution in [0.5, 0.6) is 0 Å². The first-order valence-corrected chi connectivity index (χ1v) is 10.1. The molecule has 184 valence electrons. The number of rotatable bonds is 13. The molecule has 0 spiro atoms. The highest BCUT2D eigenvalue weighted by atomic mass is 16.8. The van der Waals surface area contributed by atoms with Crippen molar-refractivity contribution in [3.8, 4) is 0 Å². The fourth-order valence-corrected chi connectivity index (χ4v) is 4.40. The Bertz CT molecular complexity index is 510. The predicted molar refractivity (Wildman–Crippen MR) is 107 cm³/mol. The summed E-state index contributed by atoms with van der Waals surface area (Å²) >= 11 is 0. The predicted octanol–water partition coefficient (Wildman–Crippen LogP) is -0.163. The molecule has 2 aliphatic rings. The van der Waals surface area contributed by atoms with Gasteiger partial charge < -0.3 is 52.1 Å². The molecule has 0 saturated carbocycles. The van der Waals surface area contributed by atoms with Gasteiger partial charge in [0.25, 0.3) is 0 Å². The van der Waals surface area contributed by atoms with Crippen LogP contribution in [0.25, 0.3) is 0 Å². The molecule has 0 radical (unpaired) electrons. The van der Waals surface area contributed by atoms with Gasteiger partial charge in [0.15, 0.2) is 6.29 Å². The van der Waals surface area contributed by atoms with Crippen molar-refractivity contribution >= 4 is 0 Å². The Morgan fingerprint density at radius 3 is 1.77 bits per heavy atom. The molecule has 11 nitrogen and oxygen atoms in total. The maximum absolute atomic E-state index is 6.18. The summed E-state index contributed by atoms with van der Waals surface area (Å²) in [6, 6.07) is 0. The Morgan fingerprint density at radius 2 is 1.29 bits per heavy atom. The Balaban J connectivity index is 2.16. The SMILES string of the molecule is COC[C@H]1O[C@H](OCC2OC(COC)(OC)C(OC)C2OC)[C@H](OC)[C@@H](OC)[C@@H]1OC. The summed E-state index contributed by atoms with van der Waals surface area (Å²) in [5.74, 6) is -1.12. The lowest BCUT2D eigenvalue weighted by molar-refractivity contribution is -0.322. The summed E-state index contributed by atoms with van der Waals surface area (Å²) in [5, 5.41) is 0. The second-order valence-electron chi connectivity index (χ2n) is 7.39. The van der Waals surface area contributed by atoms with Crippen LogP contribution < -0.4 is 0 Å². The molecule has 9 atom stereocenters. The highest BCUT2D eigenvalue weighted by Gasteiger charge is 2.57. The smallest absolute Gasteiger partial charge is 0.221 e.